The molecule has 8 nitrogen and oxygen atoms in total. The summed E-state index contributed by atoms with van der Waals surface area (Å²) < 4.78 is 19.3. The number of aromatic nitrogens is 3. The molecule has 2 aromatic heterocycles. The Labute approximate surface area is 233 Å². The molecule has 0 unspecified atom stereocenters. The van der Waals surface area contributed by atoms with E-state index in [1.54, 1.807) is 30.5 Å². The Bertz CT molecular complexity index is 1360. The van der Waals surface area contributed by atoms with Gasteiger partial charge < -0.3 is 14.4 Å². The SMILES string of the molecule is COC(=O)c1ccc(OCCC2=CCCC=C(C(=O)C3CCN(c4ccnc5nsnc45)CC3)CCC2)cc1. The highest BCUT2D eigenvalue weighted by Crippen LogP contribution is 2.31. The molecule has 204 valence electrons. The summed E-state index contributed by atoms with van der Waals surface area (Å²) in [6, 6.07) is 9.02. The van der Waals surface area contributed by atoms with E-state index in [0.29, 0.717) is 23.6 Å². The molecule has 1 aliphatic heterocycles. The van der Waals surface area contributed by atoms with Gasteiger partial charge in [-0.2, -0.15) is 8.75 Å². The molecule has 39 heavy (non-hydrogen) atoms. The van der Waals surface area contributed by atoms with E-state index in [2.05, 4.69) is 30.8 Å². The zero-order valence-corrected chi connectivity index (χ0v) is 23.1. The van der Waals surface area contributed by atoms with Crippen molar-refractivity contribution in [2.45, 2.75) is 51.4 Å². The lowest BCUT2D eigenvalue weighted by molar-refractivity contribution is -0.119. The zero-order valence-electron chi connectivity index (χ0n) is 22.3. The van der Waals surface area contributed by atoms with Crippen LogP contribution in [0, 0.1) is 5.92 Å². The van der Waals surface area contributed by atoms with Crippen LogP contribution in [-0.4, -0.2) is 52.3 Å². The molecule has 1 fully saturated rings. The summed E-state index contributed by atoms with van der Waals surface area (Å²) in [6.45, 7) is 2.27. The summed E-state index contributed by atoms with van der Waals surface area (Å²) in [5, 5.41) is 0. The summed E-state index contributed by atoms with van der Waals surface area (Å²) in [5.74, 6) is 0.815. The molecule has 0 saturated carbocycles. The molecular formula is C30H34N4O4S. The van der Waals surface area contributed by atoms with Crippen molar-refractivity contribution in [1.82, 2.24) is 13.7 Å². The van der Waals surface area contributed by atoms with E-state index in [0.717, 1.165) is 87.0 Å². The lowest BCUT2D eigenvalue weighted by atomic mass is 9.86. The number of allylic oxidation sites excluding steroid dienone is 3. The van der Waals surface area contributed by atoms with Gasteiger partial charge in [0.2, 0.25) is 0 Å². The summed E-state index contributed by atoms with van der Waals surface area (Å²) in [5.41, 5.74) is 5.53. The number of Topliss-reactive ketones (excluding diaryl/α,β-unsaturated/α-hetero) is 1. The lowest BCUT2D eigenvalue weighted by Gasteiger charge is -2.33. The number of nitrogens with zero attached hydrogens (tertiary/aromatic N) is 4. The number of ether oxygens (including phenoxy) is 2. The average Bonchev–Trinajstić information content (AvgIpc) is 3.50. The molecular weight excluding hydrogens is 512 g/mol. The minimum absolute atomic E-state index is 0.0885. The third-order valence-electron chi connectivity index (χ3n) is 7.57. The van der Waals surface area contributed by atoms with Crippen LogP contribution in [0.25, 0.3) is 11.2 Å². The molecule has 0 spiro atoms. The van der Waals surface area contributed by atoms with Crippen molar-refractivity contribution in [3.8, 4) is 5.75 Å². The second-order valence-corrected chi connectivity index (χ2v) is 10.6. The largest absolute Gasteiger partial charge is 0.493 e. The van der Waals surface area contributed by atoms with Crippen molar-refractivity contribution < 1.29 is 19.1 Å². The van der Waals surface area contributed by atoms with Gasteiger partial charge in [-0.25, -0.2) is 9.78 Å². The molecule has 0 bridgehead atoms. The minimum Gasteiger partial charge on any atom is -0.493 e. The van der Waals surface area contributed by atoms with E-state index in [1.807, 2.05) is 6.07 Å². The number of pyridine rings is 1. The molecule has 0 atom stereocenters. The van der Waals surface area contributed by atoms with Gasteiger partial charge in [-0.05, 0) is 80.9 Å². The predicted octanol–water partition coefficient (Wildman–Crippen LogP) is 5.94. The number of piperidine rings is 1. The number of carbonyl (C=O) groups excluding carboxylic acids is 2. The van der Waals surface area contributed by atoms with Crippen molar-refractivity contribution in [2.24, 2.45) is 5.92 Å². The van der Waals surface area contributed by atoms with Gasteiger partial charge in [-0.3, -0.25) is 4.79 Å². The fourth-order valence-corrected chi connectivity index (χ4v) is 5.91. The van der Waals surface area contributed by atoms with Gasteiger partial charge in [0, 0.05) is 31.6 Å². The quantitative estimate of drug-likeness (QED) is 0.253. The second kappa shape index (κ2) is 13.0. The van der Waals surface area contributed by atoms with Crippen LogP contribution >= 0.6 is 11.7 Å². The molecule has 2 aliphatic rings. The highest BCUT2D eigenvalue weighted by Gasteiger charge is 2.28. The molecule has 5 rings (SSSR count). The third-order valence-corrected chi connectivity index (χ3v) is 8.09. The van der Waals surface area contributed by atoms with Crippen molar-refractivity contribution in [2.75, 3.05) is 31.7 Å². The van der Waals surface area contributed by atoms with Crippen LogP contribution in [0.2, 0.25) is 0 Å². The van der Waals surface area contributed by atoms with E-state index >= 15 is 0 Å². The maximum Gasteiger partial charge on any atom is 0.337 e. The first kappa shape index (κ1) is 27.0. The minimum atomic E-state index is -0.353. The van der Waals surface area contributed by atoms with E-state index < -0.39 is 0 Å². The molecule has 0 radical (unpaired) electrons. The lowest BCUT2D eigenvalue weighted by Crippen LogP contribution is -2.37. The fraction of sp³-hybridized carbons (Fsp3) is 0.433. The normalized spacial score (nSPS) is 17.0. The van der Waals surface area contributed by atoms with Gasteiger partial charge in [0.05, 0.1) is 36.7 Å². The zero-order chi connectivity index (χ0) is 27.0. The number of methoxy groups -OCH3 is 1. The van der Waals surface area contributed by atoms with Crippen LogP contribution in [0.1, 0.15) is 61.7 Å². The first-order valence-corrected chi connectivity index (χ1v) is 14.4. The first-order valence-electron chi connectivity index (χ1n) is 13.7. The van der Waals surface area contributed by atoms with Crippen molar-refractivity contribution in [3.05, 3.63) is 65.4 Å². The Morgan fingerprint density at radius 2 is 1.82 bits per heavy atom. The number of hydrogen-bond donors (Lipinski definition) is 0. The number of carbonyl (C=O) groups is 2. The molecule has 1 aromatic carbocycles. The molecule has 3 aromatic rings. The Morgan fingerprint density at radius 3 is 2.62 bits per heavy atom. The summed E-state index contributed by atoms with van der Waals surface area (Å²) in [6.07, 6.45) is 13.5. The fourth-order valence-electron chi connectivity index (χ4n) is 5.40. The smallest absolute Gasteiger partial charge is 0.337 e. The first-order chi connectivity index (χ1) is 19.1. The third kappa shape index (κ3) is 6.71. The van der Waals surface area contributed by atoms with Gasteiger partial charge >= 0.3 is 5.97 Å². The number of hydrogen-bond acceptors (Lipinski definition) is 9. The summed E-state index contributed by atoms with van der Waals surface area (Å²) >= 11 is 1.19. The number of benzene rings is 1. The van der Waals surface area contributed by atoms with Crippen LogP contribution in [0.4, 0.5) is 5.69 Å². The van der Waals surface area contributed by atoms with Crippen LogP contribution in [-0.2, 0) is 9.53 Å². The number of esters is 1. The van der Waals surface area contributed by atoms with Gasteiger partial charge in [0.15, 0.2) is 11.4 Å². The van der Waals surface area contributed by atoms with Crippen LogP contribution in [0.3, 0.4) is 0 Å². The molecule has 0 amide bonds. The highest BCUT2D eigenvalue weighted by atomic mass is 32.1. The van der Waals surface area contributed by atoms with E-state index in [1.165, 1.54) is 24.4 Å². The topological polar surface area (TPSA) is 94.5 Å². The highest BCUT2D eigenvalue weighted by molar-refractivity contribution is 7.00. The monoisotopic (exact) mass is 546 g/mol. The van der Waals surface area contributed by atoms with Gasteiger partial charge in [0.25, 0.3) is 0 Å². The summed E-state index contributed by atoms with van der Waals surface area (Å²) in [7, 11) is 1.37. The molecule has 0 N–H and O–H groups in total. The Kier molecular flexibility index (Phi) is 8.98. The number of fused-ring (bicyclic) bond motifs is 1. The van der Waals surface area contributed by atoms with Crippen LogP contribution < -0.4 is 9.64 Å². The maximum atomic E-state index is 13.5. The Balaban J connectivity index is 1.07. The number of anilines is 1. The molecule has 1 aliphatic carbocycles. The van der Waals surface area contributed by atoms with Crippen LogP contribution in [0.5, 0.6) is 5.75 Å². The predicted molar refractivity (Wildman–Crippen MR) is 152 cm³/mol. The van der Waals surface area contributed by atoms with E-state index in [4.69, 9.17) is 9.47 Å². The van der Waals surface area contributed by atoms with E-state index in [9.17, 15) is 9.59 Å². The van der Waals surface area contributed by atoms with E-state index in [-0.39, 0.29) is 11.9 Å². The van der Waals surface area contributed by atoms with Crippen molar-refractivity contribution in [1.29, 1.82) is 0 Å². The standard InChI is InChI=1S/C30H34N4O4S/c1-37-30(36)24-9-11-25(12-10-24)38-20-16-21-5-2-3-7-22(8-4-6-21)28(35)23-14-18-34(19-15-23)26-13-17-31-29-27(26)32-39-33-29/h5,7,9-13,17,23H,2-4,6,8,14-16,18-20H2,1H3. The summed E-state index contributed by atoms with van der Waals surface area (Å²) in [4.78, 5) is 31.7. The molecule has 1 saturated heterocycles. The number of ketones is 1. The molecule has 9 heteroatoms. The molecule has 3 heterocycles. The Morgan fingerprint density at radius 1 is 1.03 bits per heavy atom. The number of rotatable bonds is 8. The van der Waals surface area contributed by atoms with Gasteiger partial charge in [-0.1, -0.05) is 17.7 Å². The Hall–Kier alpha value is -3.59. The second-order valence-electron chi connectivity index (χ2n) is 10.0. The van der Waals surface area contributed by atoms with Gasteiger partial charge in [-0.15, -0.1) is 0 Å². The average molecular weight is 547 g/mol. The maximum absolute atomic E-state index is 13.5. The van der Waals surface area contributed by atoms with Crippen molar-refractivity contribution in [3.63, 3.8) is 0 Å². The van der Waals surface area contributed by atoms with Crippen molar-refractivity contribution >= 4 is 40.3 Å². The van der Waals surface area contributed by atoms with Gasteiger partial charge in [0.1, 0.15) is 11.3 Å². The van der Waals surface area contributed by atoms with Crippen LogP contribution in [0.15, 0.2) is 59.8 Å².